The number of rotatable bonds is 5. The molecule has 0 saturated carbocycles. The number of hydrogen-bond acceptors (Lipinski definition) is 2. The zero-order valence-corrected chi connectivity index (χ0v) is 51.6. The number of ether oxygens (including phenoxy) is 1. The summed E-state index contributed by atoms with van der Waals surface area (Å²) in [6.07, 6.45) is 0. The normalized spacial score (nSPS) is 16.0. The second-order valence-corrected chi connectivity index (χ2v) is 27.5. The van der Waals surface area contributed by atoms with Crippen LogP contribution in [0, 0.1) is 0 Å². The molecule has 0 atom stereocenters. The van der Waals surface area contributed by atoms with Crippen LogP contribution < -0.4 is 26.0 Å². The highest BCUT2D eigenvalue weighted by Gasteiger charge is 2.55. The lowest BCUT2D eigenvalue weighted by atomic mass is 9.29. The van der Waals surface area contributed by atoms with Gasteiger partial charge in [0.05, 0.1) is 51.0 Å². The molecule has 0 saturated heterocycles. The van der Waals surface area contributed by atoms with E-state index in [0.29, 0.717) is 28.4 Å². The first-order valence-corrected chi connectivity index (χ1v) is 30.9. The third-order valence-electron chi connectivity index (χ3n) is 19.2. The molecule has 434 valence electrons. The van der Waals surface area contributed by atoms with Crippen LogP contribution in [-0.4, -0.2) is 15.8 Å². The fraction of sp³-hybridized carbons (Fsp3) is 0.153. The minimum absolute atomic E-state index is 0.0170. The van der Waals surface area contributed by atoms with Gasteiger partial charge in [0.25, 0.3) is 0 Å². The van der Waals surface area contributed by atoms with Crippen LogP contribution in [-0.2, 0) is 21.7 Å². The summed E-state index contributed by atoms with van der Waals surface area (Å²) in [6, 6.07) is 57.2. The average Bonchev–Trinajstić information content (AvgIpc) is 1.08. The maximum Gasteiger partial charge on any atom is 0.247 e. The van der Waals surface area contributed by atoms with Crippen molar-refractivity contribution in [2.75, 3.05) is 4.90 Å². The first-order chi connectivity index (χ1) is 48.9. The van der Waals surface area contributed by atoms with Crippen molar-refractivity contribution in [1.82, 2.24) is 9.13 Å². The fourth-order valence-corrected chi connectivity index (χ4v) is 14.9. The second kappa shape index (κ2) is 19.5. The summed E-state index contributed by atoms with van der Waals surface area (Å²) in [4.78, 5) is 2.33. The molecule has 0 aliphatic carbocycles. The largest absolute Gasteiger partial charge is 0.457 e. The SMILES string of the molecule is [2H]c1c([2H])c([2H])c(-c2ccc3c(c2)N(c2ccc(C(C)(C)C)cc2-c2ccccc2)c2cc(-n4c5ccc(C(C)(C)C)cc5c5cc(C(C)(C)C)ccc54)cc4c2B3c2ccc(-n3c5c([2H])c([2H])c([2H])c([2H])c5c5c([2H])c([2H])c([2H])c([2H])c53)cc2C42c3ccccc3Oc3ccccc32)c([2H])c1[2H]. The maximum absolute atomic E-state index is 9.77. The lowest BCUT2D eigenvalue weighted by Crippen LogP contribution is -2.65. The van der Waals surface area contributed by atoms with E-state index in [0.717, 1.165) is 94.2 Å². The van der Waals surface area contributed by atoms with E-state index < -0.39 is 78.6 Å². The van der Waals surface area contributed by atoms with Crippen LogP contribution in [0.5, 0.6) is 11.5 Å². The summed E-state index contributed by atoms with van der Waals surface area (Å²) in [6.45, 7) is 19.3. The zero-order chi connectivity index (χ0) is 72.5. The van der Waals surface area contributed by atoms with Crippen LogP contribution in [0.4, 0.5) is 17.1 Å². The number of anilines is 3. The van der Waals surface area contributed by atoms with Crippen LogP contribution >= 0.6 is 0 Å². The first-order valence-electron chi connectivity index (χ1n) is 37.4. The molecule has 0 N–H and O–H groups in total. The molecule has 1 spiro atoms. The monoisotopic (exact) mass is 1170 g/mol. The molecule has 0 fully saturated rings. The smallest absolute Gasteiger partial charge is 0.247 e. The van der Waals surface area contributed by atoms with E-state index in [-0.39, 0.29) is 55.7 Å². The maximum atomic E-state index is 9.77. The molecule has 5 heterocycles. The molecule has 0 bridgehead atoms. The number of nitrogens with zero attached hydrogens (tertiary/aromatic N) is 3. The summed E-state index contributed by atoms with van der Waals surface area (Å²) >= 11 is 0. The van der Waals surface area contributed by atoms with Gasteiger partial charge in [-0.2, -0.15) is 0 Å². The molecule has 17 rings (SSSR count). The van der Waals surface area contributed by atoms with Crippen molar-refractivity contribution >= 4 is 83.8 Å². The van der Waals surface area contributed by atoms with Gasteiger partial charge >= 0.3 is 0 Å². The Hall–Kier alpha value is -10.1. The molecule has 0 amide bonds. The summed E-state index contributed by atoms with van der Waals surface area (Å²) in [5.74, 6) is 1.16. The van der Waals surface area contributed by atoms with Crippen molar-refractivity contribution in [2.24, 2.45) is 0 Å². The van der Waals surface area contributed by atoms with Gasteiger partial charge in [-0.25, -0.2) is 0 Å². The van der Waals surface area contributed by atoms with Crippen LogP contribution in [0.2, 0.25) is 0 Å². The number of hydrogen-bond donors (Lipinski definition) is 0. The quantitative estimate of drug-likeness (QED) is 0.160. The van der Waals surface area contributed by atoms with Gasteiger partial charge in [-0.05, 0) is 163 Å². The summed E-state index contributed by atoms with van der Waals surface area (Å²) < 4.78 is 132. The Morgan fingerprint density at radius 2 is 0.900 bits per heavy atom. The van der Waals surface area contributed by atoms with Crippen molar-refractivity contribution in [3.63, 3.8) is 0 Å². The minimum atomic E-state index is -1.36. The Kier molecular flexibility index (Phi) is 9.07. The van der Waals surface area contributed by atoms with Gasteiger partial charge in [0.2, 0.25) is 6.71 Å². The van der Waals surface area contributed by atoms with Crippen molar-refractivity contribution in [3.05, 3.63) is 299 Å². The van der Waals surface area contributed by atoms with Crippen LogP contribution in [0.25, 0.3) is 77.2 Å². The van der Waals surface area contributed by atoms with Gasteiger partial charge in [0, 0.05) is 61.0 Å². The van der Waals surface area contributed by atoms with E-state index in [4.69, 9.17) is 11.6 Å². The molecule has 2 aromatic heterocycles. The summed E-state index contributed by atoms with van der Waals surface area (Å²) in [5.41, 5.74) is 14.8. The second-order valence-electron chi connectivity index (χ2n) is 27.5. The van der Waals surface area contributed by atoms with Gasteiger partial charge in [-0.15, -0.1) is 0 Å². The molecule has 0 radical (unpaired) electrons. The number of benzene rings is 12. The average molecular weight is 1170 g/mol. The molecular weight excluding hydrogens is 1090 g/mol. The number of para-hydroxylation sites is 4. The molecule has 5 heteroatoms. The predicted octanol–water partition coefficient (Wildman–Crippen LogP) is 20.2. The van der Waals surface area contributed by atoms with Crippen LogP contribution in [0.3, 0.4) is 0 Å². The zero-order valence-electron chi connectivity index (χ0n) is 64.6. The van der Waals surface area contributed by atoms with E-state index in [1.165, 1.54) is 11.1 Å². The molecule has 12 aromatic carbocycles. The molecule has 14 aromatic rings. The van der Waals surface area contributed by atoms with E-state index in [2.05, 4.69) is 169 Å². The van der Waals surface area contributed by atoms with E-state index in [1.54, 1.807) is 4.57 Å². The minimum Gasteiger partial charge on any atom is -0.457 e. The van der Waals surface area contributed by atoms with E-state index in [9.17, 15) is 11.0 Å². The third kappa shape index (κ3) is 7.94. The molecule has 3 aliphatic heterocycles. The van der Waals surface area contributed by atoms with Crippen molar-refractivity contribution < 1.29 is 22.6 Å². The Morgan fingerprint density at radius 3 is 1.52 bits per heavy atom. The van der Waals surface area contributed by atoms with Crippen molar-refractivity contribution in [3.8, 4) is 45.1 Å². The number of aromatic nitrogens is 2. The van der Waals surface area contributed by atoms with Gasteiger partial charge in [0.1, 0.15) is 11.5 Å². The van der Waals surface area contributed by atoms with E-state index in [1.807, 2.05) is 84.9 Å². The molecule has 90 heavy (non-hydrogen) atoms. The highest BCUT2D eigenvalue weighted by molar-refractivity contribution is 6.99. The van der Waals surface area contributed by atoms with Crippen LogP contribution in [0.15, 0.2) is 261 Å². The fourth-order valence-electron chi connectivity index (χ4n) is 14.9. The third-order valence-corrected chi connectivity index (χ3v) is 19.2. The molecule has 3 aliphatic rings. The number of fused-ring (bicyclic) bond motifs is 16. The summed E-state index contributed by atoms with van der Waals surface area (Å²) in [5, 5.41) is 2.06. The Morgan fingerprint density at radius 1 is 0.367 bits per heavy atom. The van der Waals surface area contributed by atoms with E-state index >= 15 is 0 Å². The van der Waals surface area contributed by atoms with Crippen molar-refractivity contribution in [1.29, 1.82) is 0 Å². The Labute approximate surface area is 546 Å². The Bertz CT molecular complexity index is 5890. The topological polar surface area (TPSA) is 22.3 Å². The first kappa shape index (κ1) is 41.9. The molecular formula is C85H70BN3O. The highest BCUT2D eigenvalue weighted by atomic mass is 16.5. The summed E-state index contributed by atoms with van der Waals surface area (Å²) in [7, 11) is 0. The highest BCUT2D eigenvalue weighted by Crippen LogP contribution is 2.58. The lowest BCUT2D eigenvalue weighted by Gasteiger charge is -2.50. The van der Waals surface area contributed by atoms with Gasteiger partial charge < -0.3 is 18.8 Å². The molecule has 0 unspecified atom stereocenters. The van der Waals surface area contributed by atoms with Gasteiger partial charge in [0.15, 0.2) is 0 Å². The van der Waals surface area contributed by atoms with Crippen LogP contribution in [0.1, 0.15) is 119 Å². The van der Waals surface area contributed by atoms with Crippen molar-refractivity contribution in [2.45, 2.75) is 84.0 Å². The molecule has 4 nitrogen and oxygen atoms in total. The van der Waals surface area contributed by atoms with Gasteiger partial charge in [-0.3, -0.25) is 0 Å². The van der Waals surface area contributed by atoms with Gasteiger partial charge in [-0.1, -0.05) is 237 Å². The predicted molar refractivity (Wildman–Crippen MR) is 380 cm³/mol. The lowest BCUT2D eigenvalue weighted by molar-refractivity contribution is 0.435. The Balaban J connectivity index is 1.11. The standard InChI is InChI=1S/C85H70BN3O/c1-82(2,3)56-37-43-74(63(47-56)54-26-14-11-15-27-54)89-77-46-55(53-24-12-10-13-25-53)36-41-71(77)86-70-42-40-59(87-72-32-20-16-28-61(72)62-29-17-21-33-73(62)87)50-68(70)85(66-30-18-22-34-79(66)90-80-35-23-19-31-67(80)85)69-51-60(52-78(89)81(69)86)88-75-44-38-57(83(4,5)6)48-64(75)65-49-58(84(7,8)9)39-45-76(65)88/h10-52H,1-9H3/i10D,12D,13D,16D,17D,20D,21D,24D,25D,28D,29D,32D,33D.